The van der Waals surface area contributed by atoms with Gasteiger partial charge in [-0.1, -0.05) is 5.16 Å². The maximum absolute atomic E-state index is 12.3. The van der Waals surface area contributed by atoms with E-state index in [4.69, 9.17) is 8.94 Å². The number of anilines is 1. The summed E-state index contributed by atoms with van der Waals surface area (Å²) < 4.78 is 10.6. The quantitative estimate of drug-likeness (QED) is 0.716. The summed E-state index contributed by atoms with van der Waals surface area (Å²) in [7, 11) is 0. The number of aromatic nitrogens is 2. The first-order valence-corrected chi connectivity index (χ1v) is 10.0. The lowest BCUT2D eigenvalue weighted by Crippen LogP contribution is -2.51. The first-order chi connectivity index (χ1) is 14.3. The van der Waals surface area contributed by atoms with E-state index in [2.05, 4.69) is 32.5 Å². The third-order valence-electron chi connectivity index (χ3n) is 5.42. The number of piperazine rings is 1. The predicted molar refractivity (Wildman–Crippen MR) is 106 cm³/mol. The molecular formula is C21H23N5O3. The lowest BCUT2D eigenvalue weighted by atomic mass is 10.1. The molecule has 3 aromatic rings. The molecule has 8 heteroatoms. The molecule has 1 aromatic carbocycles. The van der Waals surface area contributed by atoms with Crippen molar-refractivity contribution in [2.24, 2.45) is 0 Å². The standard InChI is InChI=1S/C21H23N5O3/c27-21(22-14-18-2-1-13-28-18)26-11-9-25(10-12-26)17-7-5-15(6-8-17)19-23-20(29-24-19)16-3-4-16/h1-2,5-8,13,16H,3-4,9-12,14H2,(H,22,27). The van der Waals surface area contributed by atoms with Crippen LogP contribution in [0.15, 0.2) is 51.6 Å². The van der Waals surface area contributed by atoms with E-state index in [1.807, 2.05) is 29.2 Å². The van der Waals surface area contributed by atoms with Crippen molar-refractivity contribution in [3.63, 3.8) is 0 Å². The second-order valence-electron chi connectivity index (χ2n) is 7.49. The molecule has 0 atom stereocenters. The van der Waals surface area contributed by atoms with Crippen LogP contribution in [-0.2, 0) is 6.54 Å². The zero-order valence-corrected chi connectivity index (χ0v) is 16.1. The molecule has 1 aliphatic carbocycles. The van der Waals surface area contributed by atoms with E-state index in [-0.39, 0.29) is 6.03 Å². The van der Waals surface area contributed by atoms with Crippen LogP contribution in [-0.4, -0.2) is 47.3 Å². The third kappa shape index (κ3) is 3.96. The lowest BCUT2D eigenvalue weighted by molar-refractivity contribution is 0.193. The summed E-state index contributed by atoms with van der Waals surface area (Å²) in [6, 6.07) is 11.8. The highest BCUT2D eigenvalue weighted by atomic mass is 16.5. The number of carbonyl (C=O) groups is 1. The first-order valence-electron chi connectivity index (χ1n) is 10.0. The Bertz CT molecular complexity index is 955. The van der Waals surface area contributed by atoms with Gasteiger partial charge in [0, 0.05) is 43.3 Å². The molecule has 2 fully saturated rings. The molecule has 5 rings (SSSR count). The van der Waals surface area contributed by atoms with Crippen molar-refractivity contribution in [3.05, 3.63) is 54.3 Å². The molecule has 1 N–H and O–H groups in total. The molecule has 0 radical (unpaired) electrons. The maximum Gasteiger partial charge on any atom is 0.317 e. The van der Waals surface area contributed by atoms with E-state index in [0.717, 1.165) is 48.8 Å². The number of amides is 2. The van der Waals surface area contributed by atoms with E-state index in [9.17, 15) is 4.79 Å². The smallest absolute Gasteiger partial charge is 0.317 e. The van der Waals surface area contributed by atoms with Crippen molar-refractivity contribution in [3.8, 4) is 11.4 Å². The summed E-state index contributed by atoms with van der Waals surface area (Å²) in [5, 5.41) is 7.00. The Hall–Kier alpha value is -3.29. The van der Waals surface area contributed by atoms with Gasteiger partial charge in [-0.15, -0.1) is 0 Å². The van der Waals surface area contributed by atoms with Crippen LogP contribution in [0, 0.1) is 0 Å². The fourth-order valence-electron chi connectivity index (χ4n) is 3.53. The molecule has 29 heavy (non-hydrogen) atoms. The normalized spacial score (nSPS) is 16.8. The highest BCUT2D eigenvalue weighted by molar-refractivity contribution is 5.74. The number of nitrogens with zero attached hydrogens (tertiary/aromatic N) is 4. The van der Waals surface area contributed by atoms with Gasteiger partial charge in [0.25, 0.3) is 0 Å². The molecule has 150 valence electrons. The third-order valence-corrected chi connectivity index (χ3v) is 5.42. The van der Waals surface area contributed by atoms with Crippen LogP contribution in [0.2, 0.25) is 0 Å². The molecular weight excluding hydrogens is 370 g/mol. The summed E-state index contributed by atoms with van der Waals surface area (Å²) in [5.41, 5.74) is 2.09. The monoisotopic (exact) mass is 393 g/mol. The van der Waals surface area contributed by atoms with Crippen LogP contribution in [0.4, 0.5) is 10.5 Å². The minimum absolute atomic E-state index is 0.0556. The molecule has 0 spiro atoms. The van der Waals surface area contributed by atoms with Crippen molar-refractivity contribution in [1.29, 1.82) is 0 Å². The Morgan fingerprint density at radius 1 is 1.10 bits per heavy atom. The molecule has 1 aliphatic heterocycles. The summed E-state index contributed by atoms with van der Waals surface area (Å²) in [5.74, 6) is 2.62. The van der Waals surface area contributed by atoms with E-state index >= 15 is 0 Å². The molecule has 1 saturated carbocycles. The fourth-order valence-corrected chi connectivity index (χ4v) is 3.53. The highest BCUT2D eigenvalue weighted by Crippen LogP contribution is 2.39. The van der Waals surface area contributed by atoms with Crippen LogP contribution in [0.5, 0.6) is 0 Å². The number of urea groups is 1. The average molecular weight is 393 g/mol. The Balaban J connectivity index is 1.14. The molecule has 3 heterocycles. The van der Waals surface area contributed by atoms with Gasteiger partial charge in [0.1, 0.15) is 5.76 Å². The second kappa shape index (κ2) is 7.62. The molecule has 2 amide bonds. The topological polar surface area (TPSA) is 87.6 Å². The fraction of sp³-hybridized carbons (Fsp3) is 0.381. The average Bonchev–Trinajstić information content (AvgIpc) is 3.27. The Morgan fingerprint density at radius 2 is 1.90 bits per heavy atom. The summed E-state index contributed by atoms with van der Waals surface area (Å²) in [6.07, 6.45) is 3.90. The maximum atomic E-state index is 12.3. The van der Waals surface area contributed by atoms with Gasteiger partial charge in [-0.2, -0.15) is 4.98 Å². The largest absolute Gasteiger partial charge is 0.467 e. The minimum atomic E-state index is -0.0556. The van der Waals surface area contributed by atoms with Gasteiger partial charge in [-0.25, -0.2) is 4.79 Å². The Labute approximate surface area is 168 Å². The molecule has 2 aromatic heterocycles. The Kier molecular flexibility index (Phi) is 4.67. The highest BCUT2D eigenvalue weighted by Gasteiger charge is 2.29. The number of hydrogen-bond acceptors (Lipinski definition) is 6. The number of nitrogens with one attached hydrogen (secondary N) is 1. The van der Waals surface area contributed by atoms with Crippen LogP contribution in [0.25, 0.3) is 11.4 Å². The minimum Gasteiger partial charge on any atom is -0.467 e. The van der Waals surface area contributed by atoms with E-state index in [0.29, 0.717) is 31.4 Å². The van der Waals surface area contributed by atoms with Crippen molar-refractivity contribution >= 4 is 11.7 Å². The van der Waals surface area contributed by atoms with Crippen molar-refractivity contribution in [2.75, 3.05) is 31.1 Å². The summed E-state index contributed by atoms with van der Waals surface area (Å²) >= 11 is 0. The SMILES string of the molecule is O=C(NCc1ccco1)N1CCN(c2ccc(-c3noc(C4CC4)n3)cc2)CC1. The Morgan fingerprint density at radius 3 is 2.59 bits per heavy atom. The zero-order chi connectivity index (χ0) is 19.6. The lowest BCUT2D eigenvalue weighted by Gasteiger charge is -2.36. The molecule has 1 saturated heterocycles. The van der Waals surface area contributed by atoms with E-state index in [1.54, 1.807) is 6.26 Å². The van der Waals surface area contributed by atoms with Crippen molar-refractivity contribution in [2.45, 2.75) is 25.3 Å². The number of benzene rings is 1. The molecule has 8 nitrogen and oxygen atoms in total. The predicted octanol–water partition coefficient (Wildman–Crippen LogP) is 3.24. The second-order valence-corrected chi connectivity index (χ2v) is 7.49. The summed E-state index contributed by atoms with van der Waals surface area (Å²) in [6.45, 7) is 3.36. The number of carbonyl (C=O) groups excluding carboxylic acids is 1. The van der Waals surface area contributed by atoms with E-state index < -0.39 is 0 Å². The number of furan rings is 1. The van der Waals surface area contributed by atoms with Gasteiger partial charge in [-0.3, -0.25) is 0 Å². The van der Waals surface area contributed by atoms with Gasteiger partial charge >= 0.3 is 6.03 Å². The van der Waals surface area contributed by atoms with Crippen LogP contribution < -0.4 is 10.2 Å². The first kappa shape index (κ1) is 17.8. The van der Waals surface area contributed by atoms with E-state index in [1.165, 1.54) is 0 Å². The van der Waals surface area contributed by atoms with Crippen molar-refractivity contribution in [1.82, 2.24) is 20.4 Å². The van der Waals surface area contributed by atoms with Crippen LogP contribution in [0.1, 0.15) is 30.4 Å². The van der Waals surface area contributed by atoms with Crippen molar-refractivity contribution < 1.29 is 13.7 Å². The van der Waals surface area contributed by atoms with Gasteiger partial charge in [0.05, 0.1) is 12.8 Å². The van der Waals surface area contributed by atoms with Crippen LogP contribution >= 0.6 is 0 Å². The molecule has 2 aliphatic rings. The number of rotatable bonds is 5. The molecule has 0 unspecified atom stereocenters. The van der Waals surface area contributed by atoms with Gasteiger partial charge in [0.2, 0.25) is 11.7 Å². The molecule has 0 bridgehead atoms. The van der Waals surface area contributed by atoms with Crippen LogP contribution in [0.3, 0.4) is 0 Å². The zero-order valence-electron chi connectivity index (χ0n) is 16.1. The van der Waals surface area contributed by atoms with Gasteiger partial charge in [0.15, 0.2) is 0 Å². The summed E-state index contributed by atoms with van der Waals surface area (Å²) in [4.78, 5) is 20.9. The van der Waals surface area contributed by atoms with Gasteiger partial charge in [-0.05, 0) is 49.2 Å². The number of hydrogen-bond donors (Lipinski definition) is 1. The van der Waals surface area contributed by atoms with Gasteiger partial charge < -0.3 is 24.1 Å².